The van der Waals surface area contributed by atoms with Gasteiger partial charge in [-0.15, -0.1) is 0 Å². The van der Waals surface area contributed by atoms with Crippen molar-refractivity contribution >= 4 is 27.7 Å². The van der Waals surface area contributed by atoms with Gasteiger partial charge in [0.05, 0.1) is 22.2 Å². The van der Waals surface area contributed by atoms with Crippen molar-refractivity contribution in [2.75, 3.05) is 18.8 Å². The molecule has 8 nitrogen and oxygen atoms in total. The number of nitrogens with two attached hydrogens (primary N) is 1. The van der Waals surface area contributed by atoms with Gasteiger partial charge in [-0.2, -0.15) is 13.2 Å². The molecule has 1 aliphatic rings. The quantitative estimate of drug-likeness (QED) is 0.158. The molecule has 12 heteroatoms. The number of carbonyl (C=O) groups excluding carboxylic acids is 2. The Morgan fingerprint density at radius 2 is 1.58 bits per heavy atom. The van der Waals surface area contributed by atoms with Gasteiger partial charge in [0.25, 0.3) is 0 Å². The first kappa shape index (κ1) is 32.5. The predicted octanol–water partition coefficient (Wildman–Crippen LogP) is 7.05. The number of rotatable bonds is 10. The maximum atomic E-state index is 14.7. The predicted molar refractivity (Wildman–Crippen MR) is 173 cm³/mol. The second-order valence-corrected chi connectivity index (χ2v) is 12.9. The number of anilines is 1. The van der Waals surface area contributed by atoms with E-state index in [2.05, 4.69) is 4.98 Å². The van der Waals surface area contributed by atoms with Crippen molar-refractivity contribution in [1.29, 1.82) is 0 Å². The van der Waals surface area contributed by atoms with Crippen LogP contribution in [0, 0.1) is 0 Å². The van der Waals surface area contributed by atoms with Crippen molar-refractivity contribution in [2.45, 2.75) is 28.3 Å². The second-order valence-electron chi connectivity index (χ2n) is 11.1. The number of nitrogens with zero attached hydrogens (tertiary/aromatic N) is 2. The highest BCUT2D eigenvalue weighted by Gasteiger charge is 2.43. The standard InChI is InChI=1S/C36H28F3N3O5S/c37-36(38,39)22-42(20-9-21-43)35(44)32-25-13-5-4-12-24(25)26-17-18-30(33(31(26)32)34-27(40)14-8-19-41-34)48(45,46)29-16-7-6-15-28(29)47-23-10-2-1-3-11-23/h1-8,10-19,21,32H,9,20,22,40H2. The fourth-order valence-corrected chi connectivity index (χ4v) is 7.59. The third-order valence-corrected chi connectivity index (χ3v) is 9.81. The number of fused-ring (bicyclic) bond motifs is 3. The summed E-state index contributed by atoms with van der Waals surface area (Å²) in [5.41, 5.74) is 8.02. The summed E-state index contributed by atoms with van der Waals surface area (Å²) in [7, 11) is -4.48. The molecule has 0 aliphatic heterocycles. The number of nitrogen functional groups attached to an aromatic ring is 1. The first-order chi connectivity index (χ1) is 23.0. The second kappa shape index (κ2) is 13.0. The lowest BCUT2D eigenvalue weighted by molar-refractivity contribution is -0.161. The number of ether oxygens (including phenoxy) is 1. The molecule has 1 unspecified atom stereocenters. The zero-order valence-corrected chi connectivity index (χ0v) is 26.0. The third-order valence-electron chi connectivity index (χ3n) is 7.98. The topological polar surface area (TPSA) is 120 Å². The average molecular weight is 672 g/mol. The smallest absolute Gasteiger partial charge is 0.406 e. The van der Waals surface area contributed by atoms with Gasteiger partial charge in [0.2, 0.25) is 15.7 Å². The van der Waals surface area contributed by atoms with Crippen LogP contribution in [0.25, 0.3) is 22.4 Å². The lowest BCUT2D eigenvalue weighted by atomic mass is 9.89. The normalized spacial score (nSPS) is 13.8. The molecule has 2 N–H and O–H groups in total. The summed E-state index contributed by atoms with van der Waals surface area (Å²) in [4.78, 5) is 30.1. The Labute approximate surface area is 274 Å². The number of aromatic nitrogens is 1. The summed E-state index contributed by atoms with van der Waals surface area (Å²) in [5.74, 6) is -1.89. The Bertz CT molecular complexity index is 2120. The zero-order chi connectivity index (χ0) is 34.1. The first-order valence-corrected chi connectivity index (χ1v) is 16.3. The van der Waals surface area contributed by atoms with E-state index in [0.29, 0.717) is 33.6 Å². The number of para-hydroxylation sites is 2. The van der Waals surface area contributed by atoms with E-state index in [9.17, 15) is 31.2 Å². The first-order valence-electron chi connectivity index (χ1n) is 14.8. The minimum atomic E-state index is -4.76. The maximum absolute atomic E-state index is 14.7. The van der Waals surface area contributed by atoms with E-state index in [1.807, 2.05) is 0 Å². The summed E-state index contributed by atoms with van der Waals surface area (Å²) in [6.45, 7) is -2.09. The van der Waals surface area contributed by atoms with Crippen LogP contribution in [0.1, 0.15) is 23.5 Å². The highest BCUT2D eigenvalue weighted by atomic mass is 32.2. The molecule has 1 atom stereocenters. The van der Waals surface area contributed by atoms with Gasteiger partial charge < -0.3 is 20.2 Å². The van der Waals surface area contributed by atoms with Crippen molar-refractivity contribution in [3.63, 3.8) is 0 Å². The minimum absolute atomic E-state index is 0.0167. The van der Waals surface area contributed by atoms with E-state index in [0.717, 1.165) is 0 Å². The van der Waals surface area contributed by atoms with Gasteiger partial charge in [-0.1, -0.05) is 60.7 Å². The fourth-order valence-electron chi connectivity index (χ4n) is 6.00. The van der Waals surface area contributed by atoms with E-state index < -0.39 is 40.9 Å². The number of sulfone groups is 1. The van der Waals surface area contributed by atoms with E-state index in [-0.39, 0.29) is 44.5 Å². The average Bonchev–Trinajstić information content (AvgIpc) is 3.41. The van der Waals surface area contributed by atoms with Crippen LogP contribution in [0.2, 0.25) is 0 Å². The van der Waals surface area contributed by atoms with Gasteiger partial charge in [-0.3, -0.25) is 9.78 Å². The van der Waals surface area contributed by atoms with Crippen molar-refractivity contribution in [3.05, 3.63) is 120 Å². The number of hydrogen-bond acceptors (Lipinski definition) is 7. The minimum Gasteiger partial charge on any atom is -0.456 e. The monoisotopic (exact) mass is 671 g/mol. The van der Waals surface area contributed by atoms with Gasteiger partial charge in [0, 0.05) is 24.7 Å². The fraction of sp³-hybridized carbons (Fsp3) is 0.139. The Morgan fingerprint density at radius 1 is 0.875 bits per heavy atom. The molecule has 0 spiro atoms. The summed E-state index contributed by atoms with van der Waals surface area (Å²) in [5, 5.41) is 0. The lowest BCUT2D eigenvalue weighted by Gasteiger charge is -2.28. The number of amides is 1. The Kier molecular flexibility index (Phi) is 8.76. The third kappa shape index (κ3) is 6.14. The van der Waals surface area contributed by atoms with Crippen molar-refractivity contribution in [3.8, 4) is 33.9 Å². The van der Waals surface area contributed by atoms with E-state index >= 15 is 0 Å². The number of aldehydes is 1. The SMILES string of the molecule is Nc1cccnc1-c1c(S(=O)(=O)c2ccccc2Oc2ccccc2)ccc2c1C(C(=O)N(CCC=O)CC(F)(F)F)c1ccccc1-2. The molecular formula is C36H28F3N3O5S. The van der Waals surface area contributed by atoms with Crippen LogP contribution >= 0.6 is 0 Å². The Balaban J connectivity index is 1.62. The van der Waals surface area contributed by atoms with Gasteiger partial charge in [0.1, 0.15) is 29.2 Å². The molecule has 48 heavy (non-hydrogen) atoms. The number of benzene rings is 4. The molecule has 1 amide bonds. The maximum Gasteiger partial charge on any atom is 0.406 e. The molecule has 1 aromatic heterocycles. The highest BCUT2D eigenvalue weighted by molar-refractivity contribution is 7.91. The summed E-state index contributed by atoms with van der Waals surface area (Å²) < 4.78 is 76.8. The Morgan fingerprint density at radius 3 is 2.31 bits per heavy atom. The van der Waals surface area contributed by atoms with Gasteiger partial charge in [-0.05, 0) is 64.7 Å². The van der Waals surface area contributed by atoms with E-state index in [1.165, 1.54) is 42.6 Å². The zero-order valence-electron chi connectivity index (χ0n) is 25.2. The number of alkyl halides is 3. The van der Waals surface area contributed by atoms with Crippen LogP contribution in [-0.4, -0.2) is 49.8 Å². The molecule has 0 bridgehead atoms. The number of pyridine rings is 1. The molecule has 244 valence electrons. The molecule has 0 saturated heterocycles. The summed E-state index contributed by atoms with van der Waals surface area (Å²) >= 11 is 0. The highest BCUT2D eigenvalue weighted by Crippen LogP contribution is 2.52. The summed E-state index contributed by atoms with van der Waals surface area (Å²) in [6, 6.07) is 27.3. The summed E-state index contributed by atoms with van der Waals surface area (Å²) in [6.07, 6.45) is -3.24. The van der Waals surface area contributed by atoms with Crippen LogP contribution in [0.5, 0.6) is 11.5 Å². The van der Waals surface area contributed by atoms with E-state index in [4.69, 9.17) is 10.5 Å². The van der Waals surface area contributed by atoms with Crippen molar-refractivity contribution in [1.82, 2.24) is 9.88 Å². The van der Waals surface area contributed by atoms with Gasteiger partial charge >= 0.3 is 6.18 Å². The van der Waals surface area contributed by atoms with Gasteiger partial charge in [0.15, 0.2) is 0 Å². The van der Waals surface area contributed by atoms with Crippen LogP contribution in [0.4, 0.5) is 18.9 Å². The molecule has 0 radical (unpaired) electrons. The molecule has 0 saturated carbocycles. The molecule has 5 aromatic rings. The molecular weight excluding hydrogens is 643 g/mol. The molecule has 1 aliphatic carbocycles. The molecule has 6 rings (SSSR count). The lowest BCUT2D eigenvalue weighted by Crippen LogP contribution is -2.42. The van der Waals surface area contributed by atoms with Crippen LogP contribution < -0.4 is 10.5 Å². The molecule has 0 fully saturated rings. The molecule has 1 heterocycles. The van der Waals surface area contributed by atoms with Crippen molar-refractivity contribution in [2.24, 2.45) is 0 Å². The van der Waals surface area contributed by atoms with Crippen molar-refractivity contribution < 1.29 is 35.9 Å². The number of halogens is 3. The van der Waals surface area contributed by atoms with Gasteiger partial charge in [-0.25, -0.2) is 8.42 Å². The Hall–Kier alpha value is -5.49. The van der Waals surface area contributed by atoms with Crippen LogP contribution in [0.3, 0.4) is 0 Å². The number of hydrogen-bond donors (Lipinski definition) is 1. The van der Waals surface area contributed by atoms with Crippen LogP contribution in [-0.2, 0) is 19.4 Å². The number of carbonyl (C=O) groups is 2. The van der Waals surface area contributed by atoms with Crippen LogP contribution in [0.15, 0.2) is 119 Å². The van der Waals surface area contributed by atoms with E-state index in [1.54, 1.807) is 66.7 Å². The molecule has 4 aromatic carbocycles. The largest absolute Gasteiger partial charge is 0.456 e.